The summed E-state index contributed by atoms with van der Waals surface area (Å²) in [6.45, 7) is 5.88. The number of piperidine rings is 1. The fourth-order valence-corrected chi connectivity index (χ4v) is 4.08. The number of hydrogen-bond acceptors (Lipinski definition) is 5. The van der Waals surface area contributed by atoms with Crippen molar-refractivity contribution in [2.75, 3.05) is 33.9 Å². The van der Waals surface area contributed by atoms with Gasteiger partial charge < -0.3 is 13.9 Å². The minimum Gasteiger partial charge on any atom is -0.496 e. The summed E-state index contributed by atoms with van der Waals surface area (Å²) in [4.78, 5) is 7.33. The van der Waals surface area contributed by atoms with Gasteiger partial charge in [-0.15, -0.1) is 0 Å². The van der Waals surface area contributed by atoms with Crippen LogP contribution >= 0.6 is 0 Å². The van der Waals surface area contributed by atoms with Crippen LogP contribution in [0.2, 0.25) is 0 Å². The molecule has 1 aromatic heterocycles. The Morgan fingerprint density at radius 1 is 1.07 bits per heavy atom. The number of aryl methyl sites for hydroxylation is 1. The molecule has 1 fully saturated rings. The van der Waals surface area contributed by atoms with Crippen LogP contribution in [-0.4, -0.2) is 43.8 Å². The molecule has 0 radical (unpaired) electrons. The molecule has 148 valence electrons. The van der Waals surface area contributed by atoms with E-state index in [4.69, 9.17) is 18.9 Å². The van der Waals surface area contributed by atoms with Crippen LogP contribution < -0.4 is 4.74 Å². The Balaban J connectivity index is 1.56. The SMILES string of the molecule is COCC1CCN(Cc2nc(-c3ccc(OC)c4ccccc34)oc2C)CC1. The van der Waals surface area contributed by atoms with Crippen LogP contribution in [-0.2, 0) is 11.3 Å². The molecule has 1 aliphatic rings. The van der Waals surface area contributed by atoms with Gasteiger partial charge in [0.2, 0.25) is 5.89 Å². The number of ether oxygens (including phenoxy) is 2. The molecule has 0 bridgehead atoms. The molecule has 0 atom stereocenters. The van der Waals surface area contributed by atoms with E-state index in [1.165, 1.54) is 12.8 Å². The van der Waals surface area contributed by atoms with Crippen molar-refractivity contribution in [3.05, 3.63) is 47.9 Å². The van der Waals surface area contributed by atoms with Crippen LogP contribution in [0.1, 0.15) is 24.3 Å². The number of aromatic nitrogens is 1. The number of methoxy groups -OCH3 is 2. The molecule has 28 heavy (non-hydrogen) atoms. The van der Waals surface area contributed by atoms with E-state index in [-0.39, 0.29) is 0 Å². The van der Waals surface area contributed by atoms with E-state index in [1.807, 2.05) is 31.2 Å². The standard InChI is InChI=1S/C23H28N2O3/c1-16-21(14-25-12-10-17(11-13-25)15-26-2)24-23(28-16)20-8-9-22(27-3)19-7-5-4-6-18(19)20/h4-9,17H,10-15H2,1-3H3. The Hall–Kier alpha value is -2.37. The Morgan fingerprint density at radius 3 is 2.54 bits per heavy atom. The van der Waals surface area contributed by atoms with Crippen molar-refractivity contribution < 1.29 is 13.9 Å². The van der Waals surface area contributed by atoms with Gasteiger partial charge in [-0.3, -0.25) is 4.90 Å². The van der Waals surface area contributed by atoms with Gasteiger partial charge in [0.05, 0.1) is 12.8 Å². The average molecular weight is 380 g/mol. The summed E-state index contributed by atoms with van der Waals surface area (Å²) in [5.74, 6) is 3.12. The molecule has 1 saturated heterocycles. The summed E-state index contributed by atoms with van der Waals surface area (Å²) >= 11 is 0. The fraction of sp³-hybridized carbons (Fsp3) is 0.435. The number of nitrogens with zero attached hydrogens (tertiary/aromatic N) is 2. The zero-order chi connectivity index (χ0) is 19.5. The first-order valence-electron chi connectivity index (χ1n) is 9.93. The molecule has 3 aromatic rings. The number of rotatable bonds is 6. The van der Waals surface area contributed by atoms with E-state index >= 15 is 0 Å². The maximum Gasteiger partial charge on any atom is 0.227 e. The van der Waals surface area contributed by atoms with E-state index in [0.717, 1.165) is 59.8 Å². The first-order valence-corrected chi connectivity index (χ1v) is 9.93. The lowest BCUT2D eigenvalue weighted by atomic mass is 9.98. The van der Waals surface area contributed by atoms with Gasteiger partial charge in [-0.25, -0.2) is 4.98 Å². The summed E-state index contributed by atoms with van der Waals surface area (Å²) in [6.07, 6.45) is 2.36. The van der Waals surface area contributed by atoms with Gasteiger partial charge in [-0.1, -0.05) is 24.3 Å². The molecule has 0 saturated carbocycles. The van der Waals surface area contributed by atoms with Gasteiger partial charge >= 0.3 is 0 Å². The lowest BCUT2D eigenvalue weighted by Gasteiger charge is -2.31. The average Bonchev–Trinajstić information content (AvgIpc) is 3.09. The summed E-state index contributed by atoms with van der Waals surface area (Å²) in [7, 11) is 3.49. The zero-order valence-electron chi connectivity index (χ0n) is 16.9. The summed E-state index contributed by atoms with van der Waals surface area (Å²) in [5.41, 5.74) is 2.03. The van der Waals surface area contributed by atoms with Crippen LogP contribution in [0.3, 0.4) is 0 Å². The lowest BCUT2D eigenvalue weighted by Crippen LogP contribution is -2.34. The van der Waals surface area contributed by atoms with Crippen LogP contribution in [0.15, 0.2) is 40.8 Å². The summed E-state index contributed by atoms with van der Waals surface area (Å²) in [6, 6.07) is 12.2. The first-order chi connectivity index (χ1) is 13.7. The highest BCUT2D eigenvalue weighted by Gasteiger charge is 2.22. The number of fused-ring (bicyclic) bond motifs is 1. The fourth-order valence-electron chi connectivity index (χ4n) is 4.08. The largest absolute Gasteiger partial charge is 0.496 e. The molecule has 0 aliphatic carbocycles. The molecule has 0 spiro atoms. The topological polar surface area (TPSA) is 47.7 Å². The molecule has 2 aromatic carbocycles. The Bertz CT molecular complexity index is 942. The van der Waals surface area contributed by atoms with E-state index < -0.39 is 0 Å². The predicted octanol–water partition coefficient (Wildman–Crippen LogP) is 4.67. The molecular weight excluding hydrogens is 352 g/mol. The normalized spacial score (nSPS) is 16.0. The van der Waals surface area contributed by atoms with Gasteiger partial charge in [0.15, 0.2) is 0 Å². The molecule has 5 nitrogen and oxygen atoms in total. The minimum atomic E-state index is 0.681. The summed E-state index contributed by atoms with van der Waals surface area (Å²) < 4.78 is 16.9. The maximum atomic E-state index is 6.08. The number of hydrogen-bond donors (Lipinski definition) is 0. The molecular formula is C23H28N2O3. The monoisotopic (exact) mass is 380 g/mol. The van der Waals surface area contributed by atoms with Gasteiger partial charge in [0.25, 0.3) is 0 Å². The van der Waals surface area contributed by atoms with Crippen molar-refractivity contribution in [3.8, 4) is 17.2 Å². The third-order valence-electron chi connectivity index (χ3n) is 5.71. The maximum absolute atomic E-state index is 6.08. The Kier molecular flexibility index (Phi) is 5.64. The third-order valence-corrected chi connectivity index (χ3v) is 5.71. The van der Waals surface area contributed by atoms with Gasteiger partial charge in [0.1, 0.15) is 11.5 Å². The molecule has 0 N–H and O–H groups in total. The van der Waals surface area contributed by atoms with Crippen LogP contribution in [0, 0.1) is 12.8 Å². The number of likely N-dealkylation sites (tertiary alicyclic amines) is 1. The van der Waals surface area contributed by atoms with Crippen molar-refractivity contribution in [1.82, 2.24) is 9.88 Å². The molecule has 0 amide bonds. The smallest absolute Gasteiger partial charge is 0.227 e. The second-order valence-corrected chi connectivity index (χ2v) is 7.56. The van der Waals surface area contributed by atoms with E-state index in [9.17, 15) is 0 Å². The number of benzene rings is 2. The van der Waals surface area contributed by atoms with Crippen molar-refractivity contribution in [1.29, 1.82) is 0 Å². The number of oxazole rings is 1. The second-order valence-electron chi connectivity index (χ2n) is 7.56. The minimum absolute atomic E-state index is 0.681. The molecule has 1 aliphatic heterocycles. The van der Waals surface area contributed by atoms with E-state index in [0.29, 0.717) is 11.8 Å². The van der Waals surface area contributed by atoms with Crippen molar-refractivity contribution in [2.24, 2.45) is 5.92 Å². The highest BCUT2D eigenvalue weighted by atomic mass is 16.5. The molecule has 5 heteroatoms. The van der Waals surface area contributed by atoms with Gasteiger partial charge in [0, 0.05) is 31.2 Å². The van der Waals surface area contributed by atoms with Gasteiger partial charge in [-0.2, -0.15) is 0 Å². The van der Waals surface area contributed by atoms with Crippen LogP contribution in [0.4, 0.5) is 0 Å². The second kappa shape index (κ2) is 8.33. The zero-order valence-corrected chi connectivity index (χ0v) is 16.9. The molecule has 2 heterocycles. The quantitative estimate of drug-likeness (QED) is 0.622. The first kappa shape index (κ1) is 19.0. The van der Waals surface area contributed by atoms with Crippen molar-refractivity contribution >= 4 is 10.8 Å². The van der Waals surface area contributed by atoms with Gasteiger partial charge in [-0.05, 0) is 56.3 Å². The lowest BCUT2D eigenvalue weighted by molar-refractivity contribution is 0.0962. The van der Waals surface area contributed by atoms with Crippen molar-refractivity contribution in [3.63, 3.8) is 0 Å². The van der Waals surface area contributed by atoms with Crippen LogP contribution in [0.25, 0.3) is 22.2 Å². The molecule has 0 unspecified atom stereocenters. The highest BCUT2D eigenvalue weighted by molar-refractivity contribution is 5.98. The summed E-state index contributed by atoms with van der Waals surface area (Å²) in [5, 5.41) is 2.16. The molecule has 4 rings (SSSR count). The highest BCUT2D eigenvalue weighted by Crippen LogP contribution is 2.35. The predicted molar refractivity (Wildman–Crippen MR) is 111 cm³/mol. The van der Waals surface area contributed by atoms with E-state index in [1.54, 1.807) is 14.2 Å². The third kappa shape index (κ3) is 3.77. The Morgan fingerprint density at radius 2 is 1.82 bits per heavy atom. The van der Waals surface area contributed by atoms with Crippen molar-refractivity contribution in [2.45, 2.75) is 26.3 Å². The van der Waals surface area contributed by atoms with E-state index in [2.05, 4.69) is 17.0 Å². The Labute approximate surface area is 166 Å². The van der Waals surface area contributed by atoms with Crippen LogP contribution in [0.5, 0.6) is 5.75 Å².